The van der Waals surface area contributed by atoms with Crippen LogP contribution in [0.15, 0.2) is 0 Å². The number of nitrogens with zero attached hydrogens (tertiary/aromatic N) is 1. The van der Waals surface area contributed by atoms with E-state index in [4.69, 9.17) is 5.73 Å². The number of rotatable bonds is 3. The Hall–Kier alpha value is 0.270. The SMILES string of the molecule is CSC1(CN2CC(N)C2)CCC1. The summed E-state index contributed by atoms with van der Waals surface area (Å²) in [7, 11) is 0. The molecule has 1 aliphatic heterocycles. The Labute approximate surface area is 78.9 Å². The van der Waals surface area contributed by atoms with Gasteiger partial charge in [0.1, 0.15) is 0 Å². The van der Waals surface area contributed by atoms with Crippen LogP contribution in [0.3, 0.4) is 0 Å². The van der Waals surface area contributed by atoms with Crippen LogP contribution in [0.25, 0.3) is 0 Å². The van der Waals surface area contributed by atoms with Crippen molar-refractivity contribution >= 4 is 11.8 Å². The van der Waals surface area contributed by atoms with E-state index in [2.05, 4.69) is 22.9 Å². The standard InChI is InChI=1S/C9H18N2S/c1-12-9(3-2-4-9)7-11-5-8(10)6-11/h8H,2-7,10H2,1H3. The maximum Gasteiger partial charge on any atom is 0.0297 e. The first kappa shape index (κ1) is 8.85. The van der Waals surface area contributed by atoms with Crippen molar-refractivity contribution in [1.82, 2.24) is 4.90 Å². The Kier molecular flexibility index (Phi) is 2.36. The number of thioether (sulfide) groups is 1. The summed E-state index contributed by atoms with van der Waals surface area (Å²) in [5, 5.41) is 0. The van der Waals surface area contributed by atoms with E-state index in [0.29, 0.717) is 10.8 Å². The minimum atomic E-state index is 0.462. The molecule has 2 nitrogen and oxygen atoms in total. The lowest BCUT2D eigenvalue weighted by molar-refractivity contribution is 0.115. The monoisotopic (exact) mass is 186 g/mol. The van der Waals surface area contributed by atoms with Crippen LogP contribution in [0.4, 0.5) is 0 Å². The smallest absolute Gasteiger partial charge is 0.0297 e. The molecule has 0 radical (unpaired) electrons. The lowest BCUT2D eigenvalue weighted by atomic mass is 9.83. The molecule has 0 aromatic carbocycles. The zero-order valence-electron chi connectivity index (χ0n) is 7.75. The van der Waals surface area contributed by atoms with E-state index in [1.165, 1.54) is 25.8 Å². The van der Waals surface area contributed by atoms with Gasteiger partial charge in [-0.3, -0.25) is 4.90 Å². The summed E-state index contributed by atoms with van der Waals surface area (Å²) in [5.74, 6) is 0. The highest BCUT2D eigenvalue weighted by molar-refractivity contribution is 8.00. The Bertz CT molecular complexity index is 156. The second-order valence-corrected chi connectivity index (χ2v) is 5.47. The molecule has 1 saturated heterocycles. The van der Waals surface area contributed by atoms with Crippen molar-refractivity contribution in [3.8, 4) is 0 Å². The topological polar surface area (TPSA) is 29.3 Å². The van der Waals surface area contributed by atoms with Crippen LogP contribution in [0.5, 0.6) is 0 Å². The number of nitrogens with two attached hydrogens (primary N) is 1. The third kappa shape index (κ3) is 1.50. The Morgan fingerprint density at radius 3 is 2.50 bits per heavy atom. The van der Waals surface area contributed by atoms with E-state index in [1.54, 1.807) is 0 Å². The van der Waals surface area contributed by atoms with Gasteiger partial charge in [-0.15, -0.1) is 0 Å². The maximum atomic E-state index is 5.74. The Morgan fingerprint density at radius 2 is 2.17 bits per heavy atom. The molecule has 70 valence electrons. The Morgan fingerprint density at radius 1 is 1.50 bits per heavy atom. The Balaban J connectivity index is 1.77. The fraction of sp³-hybridized carbons (Fsp3) is 1.00. The summed E-state index contributed by atoms with van der Waals surface area (Å²) in [5.41, 5.74) is 5.74. The van der Waals surface area contributed by atoms with Crippen molar-refractivity contribution in [3.05, 3.63) is 0 Å². The van der Waals surface area contributed by atoms with E-state index in [1.807, 2.05) is 0 Å². The molecule has 0 amide bonds. The van der Waals surface area contributed by atoms with E-state index >= 15 is 0 Å². The summed E-state index contributed by atoms with van der Waals surface area (Å²) >= 11 is 2.06. The molecule has 2 N–H and O–H groups in total. The summed E-state index contributed by atoms with van der Waals surface area (Å²) in [6.07, 6.45) is 6.51. The van der Waals surface area contributed by atoms with Gasteiger partial charge < -0.3 is 5.73 Å². The largest absolute Gasteiger partial charge is 0.325 e. The molecule has 3 heteroatoms. The highest BCUT2D eigenvalue weighted by Gasteiger charge is 2.39. The van der Waals surface area contributed by atoms with E-state index in [9.17, 15) is 0 Å². The second kappa shape index (κ2) is 3.20. The predicted molar refractivity (Wildman–Crippen MR) is 54.5 cm³/mol. The average Bonchev–Trinajstić information content (AvgIpc) is 1.92. The molecule has 0 spiro atoms. The first-order valence-corrected chi connectivity index (χ1v) is 6.00. The zero-order valence-corrected chi connectivity index (χ0v) is 8.57. The van der Waals surface area contributed by atoms with Crippen molar-refractivity contribution in [2.75, 3.05) is 25.9 Å². The molecular formula is C9H18N2S. The van der Waals surface area contributed by atoms with Crippen molar-refractivity contribution < 1.29 is 0 Å². The van der Waals surface area contributed by atoms with E-state index < -0.39 is 0 Å². The molecule has 0 atom stereocenters. The lowest BCUT2D eigenvalue weighted by Crippen LogP contribution is -2.60. The maximum absolute atomic E-state index is 5.74. The van der Waals surface area contributed by atoms with Gasteiger partial charge in [-0.2, -0.15) is 11.8 Å². The number of hydrogen-bond acceptors (Lipinski definition) is 3. The fourth-order valence-corrected chi connectivity index (χ4v) is 3.15. The molecule has 12 heavy (non-hydrogen) atoms. The van der Waals surface area contributed by atoms with Crippen molar-refractivity contribution in [2.45, 2.75) is 30.1 Å². The molecular weight excluding hydrogens is 168 g/mol. The molecule has 1 saturated carbocycles. The molecule has 0 bridgehead atoms. The van der Waals surface area contributed by atoms with Gasteiger partial charge in [-0.25, -0.2) is 0 Å². The highest BCUT2D eigenvalue weighted by atomic mass is 32.2. The summed E-state index contributed by atoms with van der Waals surface area (Å²) < 4.78 is 0.611. The molecule has 0 unspecified atom stereocenters. The minimum absolute atomic E-state index is 0.462. The molecule has 0 aromatic heterocycles. The first-order chi connectivity index (χ1) is 5.74. The first-order valence-electron chi connectivity index (χ1n) is 4.77. The van der Waals surface area contributed by atoms with Gasteiger partial charge in [-0.1, -0.05) is 6.42 Å². The van der Waals surface area contributed by atoms with Crippen LogP contribution in [0.2, 0.25) is 0 Å². The normalized spacial score (nSPS) is 29.5. The summed E-state index contributed by atoms with van der Waals surface area (Å²) in [6, 6.07) is 0.462. The van der Waals surface area contributed by atoms with Gasteiger partial charge in [0.2, 0.25) is 0 Å². The minimum Gasteiger partial charge on any atom is -0.325 e. The third-order valence-corrected chi connectivity index (χ3v) is 4.60. The molecule has 0 aromatic rings. The van der Waals surface area contributed by atoms with Crippen molar-refractivity contribution in [2.24, 2.45) is 5.73 Å². The van der Waals surface area contributed by atoms with Gasteiger partial charge in [0.25, 0.3) is 0 Å². The van der Waals surface area contributed by atoms with E-state index in [-0.39, 0.29) is 0 Å². The van der Waals surface area contributed by atoms with Crippen LogP contribution in [0, 0.1) is 0 Å². The number of hydrogen-bond donors (Lipinski definition) is 1. The van der Waals surface area contributed by atoms with Gasteiger partial charge in [0.05, 0.1) is 0 Å². The predicted octanol–water partition coefficient (Wildman–Crippen LogP) is 0.915. The van der Waals surface area contributed by atoms with Gasteiger partial charge >= 0.3 is 0 Å². The quantitative estimate of drug-likeness (QED) is 0.710. The van der Waals surface area contributed by atoms with Crippen LogP contribution in [-0.2, 0) is 0 Å². The van der Waals surface area contributed by atoms with Crippen LogP contribution >= 0.6 is 11.8 Å². The van der Waals surface area contributed by atoms with E-state index in [0.717, 1.165) is 13.1 Å². The van der Waals surface area contributed by atoms with Gasteiger partial charge in [-0.05, 0) is 19.1 Å². The number of likely N-dealkylation sites (tertiary alicyclic amines) is 1. The summed E-state index contributed by atoms with van der Waals surface area (Å²) in [4.78, 5) is 2.50. The molecule has 2 fully saturated rings. The van der Waals surface area contributed by atoms with Crippen molar-refractivity contribution in [1.29, 1.82) is 0 Å². The second-order valence-electron chi connectivity index (χ2n) is 4.19. The fourth-order valence-electron chi connectivity index (χ4n) is 2.14. The summed E-state index contributed by atoms with van der Waals surface area (Å²) in [6.45, 7) is 3.53. The average molecular weight is 186 g/mol. The lowest BCUT2D eigenvalue weighted by Gasteiger charge is -2.48. The van der Waals surface area contributed by atoms with Crippen LogP contribution < -0.4 is 5.73 Å². The molecule has 2 aliphatic rings. The van der Waals surface area contributed by atoms with Gasteiger partial charge in [0, 0.05) is 30.4 Å². The van der Waals surface area contributed by atoms with Crippen LogP contribution in [-0.4, -0.2) is 41.6 Å². The molecule has 1 heterocycles. The van der Waals surface area contributed by atoms with Crippen molar-refractivity contribution in [3.63, 3.8) is 0 Å². The molecule has 1 aliphatic carbocycles. The molecule has 2 rings (SSSR count). The third-order valence-electron chi connectivity index (χ3n) is 3.19. The van der Waals surface area contributed by atoms with Gasteiger partial charge in [0.15, 0.2) is 0 Å². The highest BCUT2D eigenvalue weighted by Crippen LogP contribution is 2.43. The van der Waals surface area contributed by atoms with Crippen LogP contribution in [0.1, 0.15) is 19.3 Å². The zero-order chi connectivity index (χ0) is 8.60.